The molecule has 6 nitrogen and oxygen atoms in total. The third-order valence-corrected chi connectivity index (χ3v) is 3.60. The quantitative estimate of drug-likeness (QED) is 0.668. The van der Waals surface area contributed by atoms with Gasteiger partial charge >= 0.3 is 0 Å². The minimum absolute atomic E-state index is 0.0470. The van der Waals surface area contributed by atoms with Gasteiger partial charge in [-0.2, -0.15) is 5.10 Å². The number of halogens is 1. The van der Waals surface area contributed by atoms with Gasteiger partial charge < -0.3 is 5.32 Å². The number of rotatable bonds is 4. The molecule has 0 amide bonds. The molecule has 0 saturated carbocycles. The van der Waals surface area contributed by atoms with Crippen LogP contribution in [0.15, 0.2) is 35.1 Å². The largest absolute Gasteiger partial charge is 0.381 e. The number of nitro benzene ring substituents is 1. The van der Waals surface area contributed by atoms with Crippen LogP contribution in [0.3, 0.4) is 0 Å². The van der Waals surface area contributed by atoms with Crippen molar-refractivity contribution in [2.45, 2.75) is 32.9 Å². The molecule has 0 bridgehead atoms. The first-order valence-electron chi connectivity index (χ1n) is 6.49. The Morgan fingerprint density at radius 3 is 2.67 bits per heavy atom. The number of nitrogens with zero attached hydrogens (tertiary/aromatic N) is 3. The molecule has 112 valence electrons. The van der Waals surface area contributed by atoms with Crippen LogP contribution in [-0.4, -0.2) is 14.7 Å². The monoisotopic (exact) mass is 352 g/mol. The van der Waals surface area contributed by atoms with E-state index in [1.807, 2.05) is 17.1 Å². The Labute approximate surface area is 131 Å². The SMILES string of the molecule is CC(C)(C)n1cc(CNc2ccc([N+](=O)[O-])c(Br)c2)cn1. The summed E-state index contributed by atoms with van der Waals surface area (Å²) in [7, 11) is 0. The van der Waals surface area contributed by atoms with E-state index >= 15 is 0 Å². The van der Waals surface area contributed by atoms with E-state index in [9.17, 15) is 10.1 Å². The van der Waals surface area contributed by atoms with E-state index in [0.717, 1.165) is 11.3 Å². The average molecular weight is 353 g/mol. The zero-order chi connectivity index (χ0) is 15.6. The van der Waals surface area contributed by atoms with Crippen molar-refractivity contribution in [3.05, 3.63) is 50.7 Å². The third-order valence-electron chi connectivity index (χ3n) is 2.96. The first kappa shape index (κ1) is 15.5. The van der Waals surface area contributed by atoms with Gasteiger partial charge in [0.15, 0.2) is 0 Å². The minimum atomic E-state index is -0.415. The van der Waals surface area contributed by atoms with Crippen LogP contribution in [0, 0.1) is 10.1 Å². The van der Waals surface area contributed by atoms with E-state index in [1.165, 1.54) is 6.07 Å². The highest BCUT2D eigenvalue weighted by molar-refractivity contribution is 9.10. The third kappa shape index (κ3) is 3.81. The minimum Gasteiger partial charge on any atom is -0.381 e. The van der Waals surface area contributed by atoms with Gasteiger partial charge in [-0.15, -0.1) is 0 Å². The van der Waals surface area contributed by atoms with Gasteiger partial charge in [-0.05, 0) is 48.8 Å². The number of anilines is 1. The number of hydrogen-bond donors (Lipinski definition) is 1. The van der Waals surface area contributed by atoms with Crippen LogP contribution in [0.25, 0.3) is 0 Å². The molecule has 0 radical (unpaired) electrons. The van der Waals surface area contributed by atoms with E-state index in [1.54, 1.807) is 12.1 Å². The van der Waals surface area contributed by atoms with Crippen LogP contribution in [0.4, 0.5) is 11.4 Å². The van der Waals surface area contributed by atoms with Crippen molar-refractivity contribution >= 4 is 27.3 Å². The lowest BCUT2D eigenvalue weighted by atomic mass is 10.1. The van der Waals surface area contributed by atoms with Gasteiger partial charge in [-0.1, -0.05) is 0 Å². The van der Waals surface area contributed by atoms with Crippen molar-refractivity contribution < 1.29 is 4.92 Å². The van der Waals surface area contributed by atoms with Crippen molar-refractivity contribution in [1.29, 1.82) is 0 Å². The first-order chi connectivity index (χ1) is 9.77. The molecule has 0 aliphatic heterocycles. The number of nitro groups is 1. The van der Waals surface area contributed by atoms with Crippen LogP contribution in [0.5, 0.6) is 0 Å². The van der Waals surface area contributed by atoms with E-state index in [2.05, 4.69) is 47.1 Å². The van der Waals surface area contributed by atoms with E-state index in [-0.39, 0.29) is 11.2 Å². The molecule has 1 aromatic carbocycles. The van der Waals surface area contributed by atoms with Gasteiger partial charge in [0.1, 0.15) is 0 Å². The molecule has 0 aliphatic carbocycles. The molecule has 0 fully saturated rings. The molecule has 0 saturated heterocycles. The van der Waals surface area contributed by atoms with Crippen LogP contribution >= 0.6 is 15.9 Å². The molecule has 2 aromatic rings. The number of nitrogens with one attached hydrogen (secondary N) is 1. The zero-order valence-corrected chi connectivity index (χ0v) is 13.7. The predicted molar refractivity (Wildman–Crippen MR) is 85.3 cm³/mol. The van der Waals surface area contributed by atoms with Gasteiger partial charge in [0.2, 0.25) is 0 Å². The molecule has 2 rings (SSSR count). The van der Waals surface area contributed by atoms with E-state index in [0.29, 0.717) is 11.0 Å². The zero-order valence-electron chi connectivity index (χ0n) is 12.1. The van der Waals surface area contributed by atoms with Crippen LogP contribution < -0.4 is 5.32 Å². The second-order valence-corrected chi connectivity index (χ2v) is 6.60. The highest BCUT2D eigenvalue weighted by Gasteiger charge is 2.14. The molecule has 0 aliphatic rings. The van der Waals surface area contributed by atoms with E-state index < -0.39 is 4.92 Å². The second kappa shape index (κ2) is 5.85. The number of aromatic nitrogens is 2. The maximum absolute atomic E-state index is 10.8. The van der Waals surface area contributed by atoms with Gasteiger partial charge in [0.05, 0.1) is 21.1 Å². The fourth-order valence-corrected chi connectivity index (χ4v) is 2.31. The van der Waals surface area contributed by atoms with E-state index in [4.69, 9.17) is 0 Å². The summed E-state index contributed by atoms with van der Waals surface area (Å²) in [6.45, 7) is 6.88. The van der Waals surface area contributed by atoms with Crippen LogP contribution in [-0.2, 0) is 12.1 Å². The molecular weight excluding hydrogens is 336 g/mol. The van der Waals surface area contributed by atoms with Gasteiger partial charge in [0, 0.05) is 30.1 Å². The Morgan fingerprint density at radius 2 is 2.14 bits per heavy atom. The van der Waals surface area contributed by atoms with Crippen molar-refractivity contribution in [2.75, 3.05) is 5.32 Å². The summed E-state index contributed by atoms with van der Waals surface area (Å²) in [6.07, 6.45) is 3.81. The normalized spacial score (nSPS) is 11.4. The number of benzene rings is 1. The fourth-order valence-electron chi connectivity index (χ4n) is 1.79. The molecule has 1 aromatic heterocycles. The van der Waals surface area contributed by atoms with Crippen LogP contribution in [0.2, 0.25) is 0 Å². The topological polar surface area (TPSA) is 73.0 Å². The molecule has 0 atom stereocenters. The molecule has 0 unspecified atom stereocenters. The van der Waals surface area contributed by atoms with Crippen molar-refractivity contribution in [1.82, 2.24) is 9.78 Å². The Bertz CT molecular complexity index is 661. The average Bonchev–Trinajstić information content (AvgIpc) is 2.84. The maximum atomic E-state index is 10.8. The molecular formula is C14H17BrN4O2. The summed E-state index contributed by atoms with van der Waals surface area (Å²) < 4.78 is 2.37. The summed E-state index contributed by atoms with van der Waals surface area (Å²) >= 11 is 3.21. The Balaban J connectivity index is 2.05. The predicted octanol–water partition coefficient (Wildman–Crippen LogP) is 3.92. The lowest BCUT2D eigenvalue weighted by molar-refractivity contribution is -0.385. The Kier molecular flexibility index (Phi) is 4.32. The highest BCUT2D eigenvalue weighted by Crippen LogP contribution is 2.27. The second-order valence-electron chi connectivity index (χ2n) is 5.74. The van der Waals surface area contributed by atoms with Gasteiger partial charge in [-0.3, -0.25) is 14.8 Å². The summed E-state index contributed by atoms with van der Waals surface area (Å²) in [5.74, 6) is 0. The Morgan fingerprint density at radius 1 is 1.43 bits per heavy atom. The molecule has 1 heterocycles. The summed E-state index contributed by atoms with van der Waals surface area (Å²) in [4.78, 5) is 10.3. The standard InChI is InChI=1S/C14H17BrN4O2/c1-14(2,3)18-9-10(8-17-18)7-16-11-4-5-13(19(20)21)12(15)6-11/h4-6,8-9,16H,7H2,1-3H3. The molecule has 1 N–H and O–H groups in total. The molecule has 7 heteroatoms. The van der Waals surface area contributed by atoms with Gasteiger partial charge in [-0.25, -0.2) is 0 Å². The maximum Gasteiger partial charge on any atom is 0.283 e. The van der Waals surface area contributed by atoms with Crippen molar-refractivity contribution in [2.24, 2.45) is 0 Å². The van der Waals surface area contributed by atoms with Crippen molar-refractivity contribution in [3.63, 3.8) is 0 Å². The highest BCUT2D eigenvalue weighted by atomic mass is 79.9. The Hall–Kier alpha value is -1.89. The fraction of sp³-hybridized carbons (Fsp3) is 0.357. The molecule has 0 spiro atoms. The lowest BCUT2D eigenvalue weighted by Crippen LogP contribution is -2.21. The summed E-state index contributed by atoms with van der Waals surface area (Å²) in [5, 5.41) is 18.3. The molecule has 21 heavy (non-hydrogen) atoms. The summed E-state index contributed by atoms with van der Waals surface area (Å²) in [6, 6.07) is 4.87. The van der Waals surface area contributed by atoms with Crippen molar-refractivity contribution in [3.8, 4) is 0 Å². The first-order valence-corrected chi connectivity index (χ1v) is 7.28. The van der Waals surface area contributed by atoms with Gasteiger partial charge in [0.25, 0.3) is 5.69 Å². The summed E-state index contributed by atoms with van der Waals surface area (Å²) in [5.41, 5.74) is 1.88. The van der Waals surface area contributed by atoms with Crippen LogP contribution in [0.1, 0.15) is 26.3 Å². The number of hydrogen-bond acceptors (Lipinski definition) is 4. The lowest BCUT2D eigenvalue weighted by Gasteiger charge is -2.18. The smallest absolute Gasteiger partial charge is 0.283 e.